The fourth-order valence-electron chi connectivity index (χ4n) is 2.94. The number of halogens is 3. The van der Waals surface area contributed by atoms with Crippen LogP contribution in [0.15, 0.2) is 53.6 Å². The number of nitrogens with zero attached hydrogens (tertiary/aromatic N) is 1. The van der Waals surface area contributed by atoms with Gasteiger partial charge in [0.15, 0.2) is 0 Å². The van der Waals surface area contributed by atoms with Crippen molar-refractivity contribution in [3.63, 3.8) is 0 Å². The second-order valence-corrected chi connectivity index (χ2v) is 8.14. The van der Waals surface area contributed by atoms with Crippen molar-refractivity contribution in [3.05, 3.63) is 70.9 Å². The maximum Gasteiger partial charge on any atom is 0.268 e. The lowest BCUT2D eigenvalue weighted by molar-refractivity contribution is 0.411. The van der Waals surface area contributed by atoms with E-state index in [2.05, 4.69) is 5.32 Å². The maximum absolute atomic E-state index is 14.7. The molecule has 0 spiro atoms. The predicted molar refractivity (Wildman–Crippen MR) is 103 cm³/mol. The molecular weight excluding hydrogens is 410 g/mol. The van der Waals surface area contributed by atoms with Crippen LogP contribution in [0.5, 0.6) is 5.75 Å². The van der Waals surface area contributed by atoms with Crippen molar-refractivity contribution in [3.8, 4) is 17.0 Å². The molecule has 1 aromatic heterocycles. The van der Waals surface area contributed by atoms with Gasteiger partial charge in [-0.2, -0.15) is 0 Å². The third kappa shape index (κ3) is 3.50. The minimum absolute atomic E-state index is 0.0168. The second kappa shape index (κ2) is 7.90. The van der Waals surface area contributed by atoms with Crippen molar-refractivity contribution in [2.75, 3.05) is 14.2 Å². The van der Waals surface area contributed by atoms with E-state index >= 15 is 0 Å². The van der Waals surface area contributed by atoms with Crippen LogP contribution in [0.1, 0.15) is 5.56 Å². The highest BCUT2D eigenvalue weighted by Gasteiger charge is 2.29. The lowest BCUT2D eigenvalue weighted by Gasteiger charge is -2.14. The minimum Gasteiger partial charge on any atom is -0.494 e. The zero-order valence-corrected chi connectivity index (χ0v) is 16.6. The van der Waals surface area contributed by atoms with E-state index in [4.69, 9.17) is 16.3 Å². The van der Waals surface area contributed by atoms with Crippen LogP contribution >= 0.6 is 11.6 Å². The molecule has 0 fully saturated rings. The highest BCUT2D eigenvalue weighted by Crippen LogP contribution is 2.41. The quantitative estimate of drug-likeness (QED) is 0.646. The summed E-state index contributed by atoms with van der Waals surface area (Å²) in [6.07, 6.45) is 1.31. The molecule has 0 atom stereocenters. The molecule has 0 saturated heterocycles. The van der Waals surface area contributed by atoms with Gasteiger partial charge < -0.3 is 10.1 Å². The summed E-state index contributed by atoms with van der Waals surface area (Å²) in [6.45, 7) is 0.258. The molecule has 1 N–H and O–H groups in total. The minimum atomic E-state index is -4.26. The number of aromatic nitrogens is 1. The Morgan fingerprint density at radius 1 is 1.18 bits per heavy atom. The number of hydrogen-bond acceptors (Lipinski definition) is 4. The van der Waals surface area contributed by atoms with Gasteiger partial charge in [0.05, 0.1) is 22.6 Å². The summed E-state index contributed by atoms with van der Waals surface area (Å²) < 4.78 is 61.1. The van der Waals surface area contributed by atoms with Crippen molar-refractivity contribution in [2.24, 2.45) is 0 Å². The lowest BCUT2D eigenvalue weighted by Crippen LogP contribution is -2.14. The number of rotatable bonds is 6. The monoisotopic (exact) mass is 426 g/mol. The lowest BCUT2D eigenvalue weighted by atomic mass is 10.1. The van der Waals surface area contributed by atoms with E-state index in [1.807, 2.05) is 0 Å². The first-order chi connectivity index (χ1) is 13.3. The Balaban J connectivity index is 2.39. The van der Waals surface area contributed by atoms with Crippen molar-refractivity contribution in [1.29, 1.82) is 0 Å². The van der Waals surface area contributed by atoms with Crippen molar-refractivity contribution < 1.29 is 21.9 Å². The first-order valence-corrected chi connectivity index (χ1v) is 10.0. The van der Waals surface area contributed by atoms with Gasteiger partial charge in [-0.3, -0.25) is 0 Å². The highest BCUT2D eigenvalue weighted by molar-refractivity contribution is 7.90. The predicted octanol–water partition coefficient (Wildman–Crippen LogP) is 4.05. The van der Waals surface area contributed by atoms with E-state index in [1.165, 1.54) is 43.6 Å². The number of nitrogens with one attached hydrogen (secondary N) is 1. The van der Waals surface area contributed by atoms with Gasteiger partial charge >= 0.3 is 0 Å². The van der Waals surface area contributed by atoms with Crippen LogP contribution in [0, 0.1) is 11.6 Å². The average molecular weight is 427 g/mol. The Labute approximate surface area is 166 Å². The van der Waals surface area contributed by atoms with Crippen LogP contribution in [0.2, 0.25) is 5.02 Å². The SMILES string of the molecule is CNCc1cn(S(=O)(=O)c2cccc(F)c2)c(-c2c(F)cccc2Cl)c1OC. The van der Waals surface area contributed by atoms with E-state index < -0.39 is 21.7 Å². The van der Waals surface area contributed by atoms with Crippen molar-refractivity contribution in [1.82, 2.24) is 9.29 Å². The molecule has 0 unspecified atom stereocenters. The normalized spacial score (nSPS) is 11.6. The first-order valence-electron chi connectivity index (χ1n) is 8.19. The molecule has 148 valence electrons. The van der Waals surface area contributed by atoms with Crippen LogP contribution in [-0.4, -0.2) is 26.5 Å². The summed E-state index contributed by atoms with van der Waals surface area (Å²) in [5, 5.41) is 2.92. The zero-order valence-electron chi connectivity index (χ0n) is 15.0. The molecule has 0 aliphatic heterocycles. The number of hydrogen-bond donors (Lipinski definition) is 1. The summed E-state index contributed by atoms with van der Waals surface area (Å²) in [5.74, 6) is -1.27. The van der Waals surface area contributed by atoms with Gasteiger partial charge in [-0.15, -0.1) is 0 Å². The average Bonchev–Trinajstić information content (AvgIpc) is 3.01. The molecule has 0 amide bonds. The van der Waals surface area contributed by atoms with E-state index in [0.29, 0.717) is 5.56 Å². The molecule has 1 heterocycles. The molecule has 28 heavy (non-hydrogen) atoms. The van der Waals surface area contributed by atoms with Crippen LogP contribution < -0.4 is 10.1 Å². The van der Waals surface area contributed by atoms with Crippen LogP contribution in [0.4, 0.5) is 8.78 Å². The smallest absolute Gasteiger partial charge is 0.268 e. The molecule has 0 aliphatic rings. The third-order valence-electron chi connectivity index (χ3n) is 4.12. The van der Waals surface area contributed by atoms with Gasteiger partial charge in [-0.05, 0) is 37.4 Å². The molecule has 0 saturated carbocycles. The van der Waals surface area contributed by atoms with Crippen molar-refractivity contribution in [2.45, 2.75) is 11.4 Å². The van der Waals surface area contributed by atoms with E-state index in [-0.39, 0.29) is 33.5 Å². The Morgan fingerprint density at radius 2 is 1.89 bits per heavy atom. The Bertz CT molecular complexity index is 1110. The van der Waals surface area contributed by atoms with Gasteiger partial charge in [0, 0.05) is 18.3 Å². The molecule has 0 radical (unpaired) electrons. The maximum atomic E-state index is 14.7. The molecule has 0 aliphatic carbocycles. The first kappa shape index (κ1) is 20.3. The largest absolute Gasteiger partial charge is 0.494 e. The van der Waals surface area contributed by atoms with Crippen molar-refractivity contribution >= 4 is 21.6 Å². The number of ether oxygens (including phenoxy) is 1. The third-order valence-corrected chi connectivity index (χ3v) is 6.09. The molecule has 9 heteroatoms. The van der Waals surface area contributed by atoms with Gasteiger partial charge in [0.25, 0.3) is 10.0 Å². The van der Waals surface area contributed by atoms with Gasteiger partial charge in [-0.25, -0.2) is 21.2 Å². The Morgan fingerprint density at radius 3 is 2.50 bits per heavy atom. The van der Waals surface area contributed by atoms with Gasteiger partial charge in [-0.1, -0.05) is 23.7 Å². The summed E-state index contributed by atoms with van der Waals surface area (Å²) in [5.41, 5.74) is 0.280. The summed E-state index contributed by atoms with van der Waals surface area (Å²) >= 11 is 6.19. The topological polar surface area (TPSA) is 60.3 Å². The molecule has 3 aromatic rings. The Kier molecular flexibility index (Phi) is 5.74. The summed E-state index contributed by atoms with van der Waals surface area (Å²) in [7, 11) is -1.23. The van der Waals surface area contributed by atoms with Gasteiger partial charge in [0.2, 0.25) is 0 Å². The zero-order chi connectivity index (χ0) is 20.5. The number of methoxy groups -OCH3 is 1. The van der Waals surface area contributed by atoms with E-state index in [0.717, 1.165) is 16.1 Å². The van der Waals surface area contributed by atoms with Crippen LogP contribution in [0.25, 0.3) is 11.3 Å². The fraction of sp³-hybridized carbons (Fsp3) is 0.158. The van der Waals surface area contributed by atoms with Gasteiger partial charge in [0.1, 0.15) is 23.1 Å². The highest BCUT2D eigenvalue weighted by atomic mass is 35.5. The van der Waals surface area contributed by atoms with Crippen LogP contribution in [0.3, 0.4) is 0 Å². The molecule has 3 rings (SSSR count). The molecule has 5 nitrogen and oxygen atoms in total. The summed E-state index contributed by atoms with van der Waals surface area (Å²) in [4.78, 5) is -0.283. The summed E-state index contributed by atoms with van der Waals surface area (Å²) in [6, 6.07) is 8.61. The standard InChI is InChI=1S/C19H17ClF2N2O3S/c1-23-10-12-11-24(28(25,26)14-6-3-5-13(21)9-14)18(19(12)27-2)17-15(20)7-4-8-16(17)22/h3-9,11,23H,10H2,1-2H3. The second-order valence-electron chi connectivity index (χ2n) is 5.92. The molecular formula is C19H17ClF2N2O3S. The Hall–Kier alpha value is -2.42. The molecule has 2 aromatic carbocycles. The van der Waals surface area contributed by atoms with E-state index in [9.17, 15) is 17.2 Å². The van der Waals surface area contributed by atoms with Crippen LogP contribution in [-0.2, 0) is 16.6 Å². The molecule has 0 bridgehead atoms. The number of benzene rings is 2. The fourth-order valence-corrected chi connectivity index (χ4v) is 4.61. The van der Waals surface area contributed by atoms with E-state index in [1.54, 1.807) is 7.05 Å².